The molecule has 4 aliphatic carbocycles. The van der Waals surface area contributed by atoms with Gasteiger partial charge in [0.25, 0.3) is 0 Å². The molecule has 1 heterocycles. The summed E-state index contributed by atoms with van der Waals surface area (Å²) in [5.74, 6) is 1.56. The highest BCUT2D eigenvalue weighted by atomic mass is 19.1. The van der Waals surface area contributed by atoms with Crippen molar-refractivity contribution < 1.29 is 14.0 Å². The molecule has 0 atom stereocenters. The third-order valence-electron chi connectivity index (χ3n) is 7.14. The Morgan fingerprint density at radius 1 is 1.13 bits per heavy atom. The predicted molar refractivity (Wildman–Crippen MR) is 110 cm³/mol. The molecule has 0 aliphatic heterocycles. The number of halogens is 1. The van der Waals surface area contributed by atoms with Crippen LogP contribution in [0.2, 0.25) is 0 Å². The Balaban J connectivity index is 1.13. The molecule has 2 N–H and O–H groups in total. The maximum absolute atomic E-state index is 14.3. The van der Waals surface area contributed by atoms with Crippen LogP contribution < -0.4 is 10.6 Å². The summed E-state index contributed by atoms with van der Waals surface area (Å²) < 4.78 is 15.7. The summed E-state index contributed by atoms with van der Waals surface area (Å²) in [7, 11) is 0. The van der Waals surface area contributed by atoms with Crippen molar-refractivity contribution in [1.29, 1.82) is 0 Å². The van der Waals surface area contributed by atoms with E-state index in [0.29, 0.717) is 35.7 Å². The van der Waals surface area contributed by atoms with Crippen LogP contribution in [0.1, 0.15) is 44.9 Å². The zero-order valence-corrected chi connectivity index (χ0v) is 16.9. The van der Waals surface area contributed by atoms with E-state index in [4.69, 9.17) is 0 Å². The number of carbonyl (C=O) groups is 2. The van der Waals surface area contributed by atoms with E-state index in [2.05, 4.69) is 15.7 Å². The summed E-state index contributed by atoms with van der Waals surface area (Å²) in [6.07, 6.45) is 10.3. The smallest absolute Gasteiger partial charge is 0.226 e. The lowest BCUT2D eigenvalue weighted by Gasteiger charge is -2.55. The zero-order chi connectivity index (χ0) is 20.7. The molecule has 0 saturated heterocycles. The van der Waals surface area contributed by atoms with Crippen LogP contribution in [0.3, 0.4) is 0 Å². The topological polar surface area (TPSA) is 76.0 Å². The first kappa shape index (κ1) is 19.3. The average molecular weight is 410 g/mol. The van der Waals surface area contributed by atoms with Gasteiger partial charge in [0.2, 0.25) is 11.8 Å². The number of nitrogens with zero attached hydrogens (tertiary/aromatic N) is 2. The normalized spacial score (nSPS) is 29.0. The second-order valence-electron chi connectivity index (χ2n) is 9.37. The lowest BCUT2D eigenvalue weighted by atomic mass is 9.49. The van der Waals surface area contributed by atoms with Crippen LogP contribution in [0.5, 0.6) is 0 Å². The van der Waals surface area contributed by atoms with Gasteiger partial charge in [-0.1, -0.05) is 0 Å². The number of hydrogen-bond donors (Lipinski definition) is 2. The van der Waals surface area contributed by atoms with Gasteiger partial charge in [-0.3, -0.25) is 9.59 Å². The molecule has 0 radical (unpaired) electrons. The van der Waals surface area contributed by atoms with Gasteiger partial charge in [0.1, 0.15) is 5.69 Å². The lowest BCUT2D eigenvalue weighted by molar-refractivity contribution is -0.146. The number of anilines is 1. The summed E-state index contributed by atoms with van der Waals surface area (Å²) in [5, 5.41) is 9.73. The first-order valence-electron chi connectivity index (χ1n) is 10.9. The molecular formula is C23H27FN4O2. The molecule has 158 valence electrons. The molecule has 0 unspecified atom stereocenters. The van der Waals surface area contributed by atoms with E-state index in [9.17, 15) is 14.0 Å². The molecule has 1 aromatic carbocycles. The first-order valence-corrected chi connectivity index (χ1v) is 10.9. The minimum absolute atomic E-state index is 0.129. The molecule has 4 fully saturated rings. The number of rotatable bonds is 6. The Kier molecular flexibility index (Phi) is 4.83. The van der Waals surface area contributed by atoms with Crippen molar-refractivity contribution in [3.63, 3.8) is 0 Å². The molecule has 6 nitrogen and oxygen atoms in total. The van der Waals surface area contributed by atoms with Crippen molar-refractivity contribution in [2.45, 2.75) is 44.9 Å². The van der Waals surface area contributed by atoms with E-state index in [1.807, 2.05) is 0 Å². The summed E-state index contributed by atoms with van der Waals surface area (Å²) in [6, 6.07) is 6.22. The summed E-state index contributed by atoms with van der Waals surface area (Å²) in [6.45, 7) is 0.306. The third-order valence-corrected chi connectivity index (χ3v) is 7.14. The molecule has 1 aromatic heterocycles. The number of carbonyl (C=O) groups excluding carboxylic acids is 2. The second kappa shape index (κ2) is 7.52. The summed E-state index contributed by atoms with van der Waals surface area (Å²) in [4.78, 5) is 25.2. The first-order chi connectivity index (χ1) is 14.5. The van der Waals surface area contributed by atoms with Crippen LogP contribution >= 0.6 is 0 Å². The van der Waals surface area contributed by atoms with Gasteiger partial charge in [-0.05, 0) is 80.5 Å². The van der Waals surface area contributed by atoms with Crippen molar-refractivity contribution >= 4 is 17.5 Å². The van der Waals surface area contributed by atoms with Crippen LogP contribution in [-0.2, 0) is 9.59 Å². The van der Waals surface area contributed by atoms with Crippen molar-refractivity contribution in [2.75, 3.05) is 11.9 Å². The fraction of sp³-hybridized carbons (Fsp3) is 0.522. The Hall–Kier alpha value is -2.70. The van der Waals surface area contributed by atoms with Crippen LogP contribution in [0.15, 0.2) is 36.7 Å². The van der Waals surface area contributed by atoms with Gasteiger partial charge in [0, 0.05) is 36.5 Å². The SMILES string of the molecule is O=C(CCNC(=O)C12CC3CC(CC(C3)C1)C2)Nc1ccc(-n2cccn2)c(F)c1. The molecular weight excluding hydrogens is 383 g/mol. The number of hydrogen-bond acceptors (Lipinski definition) is 3. The standard InChI is InChI=1S/C23H27FN4O2/c24-19-11-18(2-3-20(19)28-7-1-5-26-28)27-21(29)4-6-25-22(30)23-12-15-8-16(13-23)10-17(9-15)14-23/h1-3,5,7,11,15-17H,4,6,8-10,12-14H2,(H,25,30)(H,27,29). The number of nitrogens with one attached hydrogen (secondary N) is 2. The van der Waals surface area contributed by atoms with Gasteiger partial charge in [-0.15, -0.1) is 0 Å². The Bertz CT molecular complexity index is 921. The minimum atomic E-state index is -0.466. The Morgan fingerprint density at radius 3 is 2.43 bits per heavy atom. The highest BCUT2D eigenvalue weighted by Gasteiger charge is 2.54. The monoisotopic (exact) mass is 410 g/mol. The van der Waals surface area contributed by atoms with Crippen molar-refractivity contribution in [2.24, 2.45) is 23.2 Å². The van der Waals surface area contributed by atoms with Gasteiger partial charge >= 0.3 is 0 Å². The lowest BCUT2D eigenvalue weighted by Crippen LogP contribution is -2.53. The van der Waals surface area contributed by atoms with E-state index in [1.54, 1.807) is 30.6 Å². The highest BCUT2D eigenvalue weighted by molar-refractivity contribution is 5.91. The summed E-state index contributed by atoms with van der Waals surface area (Å²) in [5.41, 5.74) is 0.512. The van der Waals surface area contributed by atoms with Crippen molar-refractivity contribution in [3.8, 4) is 5.69 Å². The molecule has 4 saturated carbocycles. The highest BCUT2D eigenvalue weighted by Crippen LogP contribution is 2.60. The average Bonchev–Trinajstić information content (AvgIpc) is 3.21. The number of amides is 2. The number of benzene rings is 1. The Labute approximate surface area is 175 Å². The molecule has 30 heavy (non-hydrogen) atoms. The van der Waals surface area contributed by atoms with Gasteiger partial charge in [-0.2, -0.15) is 5.10 Å². The van der Waals surface area contributed by atoms with Crippen LogP contribution in [-0.4, -0.2) is 28.1 Å². The van der Waals surface area contributed by atoms with E-state index in [-0.39, 0.29) is 23.7 Å². The quantitative estimate of drug-likeness (QED) is 0.763. The summed E-state index contributed by atoms with van der Waals surface area (Å²) >= 11 is 0. The molecule has 4 aliphatic rings. The van der Waals surface area contributed by atoms with Gasteiger partial charge < -0.3 is 10.6 Å². The van der Waals surface area contributed by atoms with Gasteiger partial charge in [-0.25, -0.2) is 9.07 Å². The third kappa shape index (κ3) is 3.61. The zero-order valence-electron chi connectivity index (χ0n) is 16.9. The minimum Gasteiger partial charge on any atom is -0.355 e. The molecule has 2 aromatic rings. The molecule has 2 amide bonds. The van der Waals surface area contributed by atoms with E-state index in [0.717, 1.165) is 19.3 Å². The van der Waals surface area contributed by atoms with Crippen molar-refractivity contribution in [3.05, 3.63) is 42.5 Å². The largest absolute Gasteiger partial charge is 0.355 e. The van der Waals surface area contributed by atoms with Gasteiger partial charge in [0.05, 0.1) is 0 Å². The van der Waals surface area contributed by atoms with Crippen molar-refractivity contribution in [1.82, 2.24) is 15.1 Å². The maximum Gasteiger partial charge on any atom is 0.226 e. The molecule has 6 rings (SSSR count). The van der Waals surface area contributed by atoms with E-state index >= 15 is 0 Å². The predicted octanol–water partition coefficient (Wildman–Crippen LogP) is 3.67. The fourth-order valence-electron chi connectivity index (χ4n) is 6.27. The maximum atomic E-state index is 14.3. The van der Waals surface area contributed by atoms with Crippen LogP contribution in [0.4, 0.5) is 10.1 Å². The molecule has 4 bridgehead atoms. The van der Waals surface area contributed by atoms with E-state index < -0.39 is 5.82 Å². The molecule has 0 spiro atoms. The van der Waals surface area contributed by atoms with E-state index in [1.165, 1.54) is 30.0 Å². The fourth-order valence-corrected chi connectivity index (χ4v) is 6.27. The van der Waals surface area contributed by atoms with Gasteiger partial charge in [0.15, 0.2) is 5.82 Å². The molecule has 7 heteroatoms. The van der Waals surface area contributed by atoms with Crippen LogP contribution in [0.25, 0.3) is 5.69 Å². The Morgan fingerprint density at radius 2 is 1.83 bits per heavy atom. The number of aromatic nitrogens is 2. The van der Waals surface area contributed by atoms with Crippen LogP contribution in [0, 0.1) is 29.0 Å². The second-order valence-corrected chi connectivity index (χ2v) is 9.37.